The standard InChI is InChI=1S/C16H17NO2/c1-18-15-8-3-2-6-13(15)14-7-4-5-11-9-12(10-17)19-16(11)14/h2-8,12H,9-10,17H2,1H3/t12-/m1/s1. The number of benzene rings is 2. The van der Waals surface area contributed by atoms with Crippen molar-refractivity contribution in [1.29, 1.82) is 0 Å². The summed E-state index contributed by atoms with van der Waals surface area (Å²) in [7, 11) is 1.69. The lowest BCUT2D eigenvalue weighted by Crippen LogP contribution is -2.24. The van der Waals surface area contributed by atoms with E-state index in [9.17, 15) is 0 Å². The molecule has 0 unspecified atom stereocenters. The van der Waals surface area contributed by atoms with Gasteiger partial charge in [0, 0.05) is 24.1 Å². The number of rotatable bonds is 3. The topological polar surface area (TPSA) is 44.5 Å². The van der Waals surface area contributed by atoms with E-state index in [0.29, 0.717) is 6.54 Å². The van der Waals surface area contributed by atoms with E-state index >= 15 is 0 Å². The van der Waals surface area contributed by atoms with E-state index in [1.807, 2.05) is 24.3 Å². The fourth-order valence-electron chi connectivity index (χ4n) is 2.55. The highest BCUT2D eigenvalue weighted by Crippen LogP contribution is 2.41. The van der Waals surface area contributed by atoms with Crippen molar-refractivity contribution in [2.24, 2.45) is 5.73 Å². The van der Waals surface area contributed by atoms with Gasteiger partial charge in [-0.25, -0.2) is 0 Å². The molecule has 2 N–H and O–H groups in total. The number of hydrogen-bond donors (Lipinski definition) is 1. The van der Waals surface area contributed by atoms with Crippen LogP contribution in [0.1, 0.15) is 5.56 Å². The molecule has 0 aliphatic carbocycles. The number of fused-ring (bicyclic) bond motifs is 1. The third-order valence-corrected chi connectivity index (χ3v) is 3.49. The van der Waals surface area contributed by atoms with Gasteiger partial charge in [-0.05, 0) is 11.6 Å². The minimum atomic E-state index is 0.0888. The van der Waals surface area contributed by atoms with Crippen molar-refractivity contribution < 1.29 is 9.47 Å². The Bertz CT molecular complexity index is 595. The smallest absolute Gasteiger partial charge is 0.131 e. The van der Waals surface area contributed by atoms with Crippen LogP contribution in [0.5, 0.6) is 11.5 Å². The largest absolute Gasteiger partial charge is 0.496 e. The van der Waals surface area contributed by atoms with Crippen molar-refractivity contribution in [2.45, 2.75) is 12.5 Å². The summed E-state index contributed by atoms with van der Waals surface area (Å²) in [5.41, 5.74) is 9.06. The second kappa shape index (κ2) is 4.94. The summed E-state index contributed by atoms with van der Waals surface area (Å²) in [4.78, 5) is 0. The molecule has 0 aromatic heterocycles. The zero-order chi connectivity index (χ0) is 13.2. The van der Waals surface area contributed by atoms with Crippen molar-refractivity contribution in [1.82, 2.24) is 0 Å². The summed E-state index contributed by atoms with van der Waals surface area (Å²) in [6.07, 6.45) is 0.973. The first-order chi connectivity index (χ1) is 9.33. The average Bonchev–Trinajstić information content (AvgIpc) is 2.90. The van der Waals surface area contributed by atoms with E-state index < -0.39 is 0 Å². The molecular weight excluding hydrogens is 238 g/mol. The summed E-state index contributed by atoms with van der Waals surface area (Å²) >= 11 is 0. The van der Waals surface area contributed by atoms with Gasteiger partial charge in [0.15, 0.2) is 0 Å². The van der Waals surface area contributed by atoms with Gasteiger partial charge in [0.2, 0.25) is 0 Å². The first kappa shape index (κ1) is 12.1. The Morgan fingerprint density at radius 2 is 1.95 bits per heavy atom. The Hall–Kier alpha value is -2.00. The van der Waals surface area contributed by atoms with Crippen LogP contribution in [0.15, 0.2) is 42.5 Å². The van der Waals surface area contributed by atoms with Gasteiger partial charge in [-0.2, -0.15) is 0 Å². The maximum Gasteiger partial charge on any atom is 0.131 e. The molecular formula is C16H17NO2. The molecule has 98 valence electrons. The number of hydrogen-bond acceptors (Lipinski definition) is 3. The highest BCUT2D eigenvalue weighted by molar-refractivity contribution is 5.77. The molecule has 1 aliphatic heterocycles. The Morgan fingerprint density at radius 3 is 2.74 bits per heavy atom. The van der Waals surface area contributed by atoms with E-state index in [4.69, 9.17) is 15.2 Å². The first-order valence-electron chi connectivity index (χ1n) is 6.45. The SMILES string of the molecule is COc1ccccc1-c1cccc2c1O[C@@H](CN)C2. The Kier molecular flexibility index (Phi) is 3.13. The molecule has 2 aromatic rings. The van der Waals surface area contributed by atoms with Crippen molar-refractivity contribution >= 4 is 0 Å². The Balaban J connectivity index is 2.10. The quantitative estimate of drug-likeness (QED) is 0.917. The van der Waals surface area contributed by atoms with E-state index in [2.05, 4.69) is 18.2 Å². The minimum Gasteiger partial charge on any atom is -0.496 e. The summed E-state index contributed by atoms with van der Waals surface area (Å²) in [5, 5.41) is 0. The maximum atomic E-state index is 5.96. The van der Waals surface area contributed by atoms with Crippen molar-refractivity contribution in [3.05, 3.63) is 48.0 Å². The molecule has 0 saturated carbocycles. The van der Waals surface area contributed by atoms with Gasteiger partial charge in [0.1, 0.15) is 17.6 Å². The molecule has 19 heavy (non-hydrogen) atoms. The monoisotopic (exact) mass is 255 g/mol. The fourth-order valence-corrected chi connectivity index (χ4v) is 2.55. The predicted octanol–water partition coefficient (Wildman–Crippen LogP) is 2.62. The van der Waals surface area contributed by atoms with Gasteiger partial charge in [-0.15, -0.1) is 0 Å². The molecule has 0 fully saturated rings. The molecule has 3 heteroatoms. The number of para-hydroxylation sites is 2. The summed E-state index contributed by atoms with van der Waals surface area (Å²) < 4.78 is 11.4. The molecule has 3 nitrogen and oxygen atoms in total. The zero-order valence-electron chi connectivity index (χ0n) is 10.9. The minimum absolute atomic E-state index is 0.0888. The molecule has 0 amide bonds. The van der Waals surface area contributed by atoms with Crippen LogP contribution in [-0.4, -0.2) is 19.8 Å². The molecule has 0 bridgehead atoms. The molecule has 1 heterocycles. The van der Waals surface area contributed by atoms with Gasteiger partial charge < -0.3 is 15.2 Å². The summed E-state index contributed by atoms with van der Waals surface area (Å²) in [6, 6.07) is 14.2. The van der Waals surface area contributed by atoms with Gasteiger partial charge in [0.05, 0.1) is 7.11 Å². The van der Waals surface area contributed by atoms with E-state index in [-0.39, 0.29) is 6.10 Å². The van der Waals surface area contributed by atoms with Gasteiger partial charge in [-0.1, -0.05) is 36.4 Å². The van der Waals surface area contributed by atoms with Gasteiger partial charge in [0.25, 0.3) is 0 Å². The molecule has 2 aromatic carbocycles. The van der Waals surface area contributed by atoms with Gasteiger partial charge >= 0.3 is 0 Å². The number of methoxy groups -OCH3 is 1. The van der Waals surface area contributed by atoms with Crippen LogP contribution in [0.3, 0.4) is 0 Å². The summed E-state index contributed by atoms with van der Waals surface area (Å²) in [6.45, 7) is 0.542. The molecule has 1 aliphatic rings. The van der Waals surface area contributed by atoms with E-state index in [0.717, 1.165) is 29.0 Å². The lowest BCUT2D eigenvalue weighted by atomic mass is 10.00. The van der Waals surface area contributed by atoms with Crippen LogP contribution in [0, 0.1) is 0 Å². The second-order valence-electron chi connectivity index (χ2n) is 4.67. The predicted molar refractivity (Wildman–Crippen MR) is 75.6 cm³/mol. The average molecular weight is 255 g/mol. The lowest BCUT2D eigenvalue weighted by Gasteiger charge is -2.13. The Labute approximate surface area is 113 Å². The highest BCUT2D eigenvalue weighted by Gasteiger charge is 2.25. The zero-order valence-corrected chi connectivity index (χ0v) is 10.9. The van der Waals surface area contributed by atoms with Crippen LogP contribution in [-0.2, 0) is 6.42 Å². The lowest BCUT2D eigenvalue weighted by molar-refractivity contribution is 0.242. The van der Waals surface area contributed by atoms with E-state index in [1.54, 1.807) is 7.11 Å². The van der Waals surface area contributed by atoms with Crippen LogP contribution >= 0.6 is 0 Å². The van der Waals surface area contributed by atoms with Gasteiger partial charge in [-0.3, -0.25) is 0 Å². The normalized spacial score (nSPS) is 16.8. The van der Waals surface area contributed by atoms with Crippen LogP contribution in [0.4, 0.5) is 0 Å². The molecule has 3 rings (SSSR count). The molecule has 0 spiro atoms. The first-order valence-corrected chi connectivity index (χ1v) is 6.45. The second-order valence-corrected chi connectivity index (χ2v) is 4.67. The number of nitrogens with two attached hydrogens (primary N) is 1. The van der Waals surface area contributed by atoms with Crippen molar-refractivity contribution in [3.63, 3.8) is 0 Å². The van der Waals surface area contributed by atoms with Crippen LogP contribution in [0.2, 0.25) is 0 Å². The summed E-state index contributed by atoms with van der Waals surface area (Å²) in [5.74, 6) is 1.80. The Morgan fingerprint density at radius 1 is 1.16 bits per heavy atom. The maximum absolute atomic E-state index is 5.96. The molecule has 0 saturated heterocycles. The van der Waals surface area contributed by atoms with E-state index in [1.165, 1.54) is 5.56 Å². The fraction of sp³-hybridized carbons (Fsp3) is 0.250. The molecule has 1 atom stereocenters. The van der Waals surface area contributed by atoms with Crippen molar-refractivity contribution in [2.75, 3.05) is 13.7 Å². The third kappa shape index (κ3) is 2.06. The molecule has 0 radical (unpaired) electrons. The highest BCUT2D eigenvalue weighted by atomic mass is 16.5. The van der Waals surface area contributed by atoms with Crippen molar-refractivity contribution in [3.8, 4) is 22.6 Å². The van der Waals surface area contributed by atoms with Crippen LogP contribution in [0.25, 0.3) is 11.1 Å². The third-order valence-electron chi connectivity index (χ3n) is 3.49. The van der Waals surface area contributed by atoms with Crippen LogP contribution < -0.4 is 15.2 Å². The number of ether oxygens (including phenoxy) is 2.